The predicted octanol–water partition coefficient (Wildman–Crippen LogP) is 7.43. The van der Waals surface area contributed by atoms with Crippen LogP contribution in [0.5, 0.6) is 0 Å². The average Bonchev–Trinajstić information content (AvgIpc) is 3.35. The molecule has 38 heavy (non-hydrogen) atoms. The van der Waals surface area contributed by atoms with Crippen molar-refractivity contribution in [1.82, 2.24) is 15.0 Å². The number of aromatic nitrogens is 3. The summed E-state index contributed by atoms with van der Waals surface area (Å²) in [7, 11) is 0. The number of imidazole rings is 1. The number of benzene rings is 4. The second kappa shape index (κ2) is 9.94. The molecule has 0 spiro atoms. The number of fused-ring (bicyclic) bond motifs is 2. The highest BCUT2D eigenvalue weighted by Crippen LogP contribution is 2.27. The van der Waals surface area contributed by atoms with Gasteiger partial charge in [0.1, 0.15) is 5.82 Å². The van der Waals surface area contributed by atoms with Crippen molar-refractivity contribution >= 4 is 33.5 Å². The molecule has 6 rings (SSSR count). The molecule has 1 amide bonds. The SMILES string of the molecule is Cc1ccc(-c2cc(C(=O)Nc3ccc4nc(CCc5ccccc5)[nH]c4c3)c3ccccc3n2)cc1C. The largest absolute Gasteiger partial charge is 0.342 e. The number of nitrogens with one attached hydrogen (secondary N) is 2. The van der Waals surface area contributed by atoms with Crippen LogP contribution in [0, 0.1) is 13.8 Å². The number of aryl methyl sites for hydroxylation is 4. The monoisotopic (exact) mass is 496 g/mol. The Morgan fingerprint density at radius 3 is 2.42 bits per heavy atom. The number of amides is 1. The van der Waals surface area contributed by atoms with Crippen molar-refractivity contribution in [3.05, 3.63) is 125 Å². The minimum absolute atomic E-state index is 0.170. The fourth-order valence-electron chi connectivity index (χ4n) is 4.78. The molecule has 0 fully saturated rings. The van der Waals surface area contributed by atoms with Gasteiger partial charge in [-0.25, -0.2) is 9.97 Å². The smallest absolute Gasteiger partial charge is 0.256 e. The first-order valence-corrected chi connectivity index (χ1v) is 12.8. The molecule has 0 radical (unpaired) electrons. The van der Waals surface area contributed by atoms with Gasteiger partial charge in [0.05, 0.1) is 27.8 Å². The van der Waals surface area contributed by atoms with Crippen LogP contribution in [0.2, 0.25) is 0 Å². The molecule has 5 heteroatoms. The molecule has 186 valence electrons. The van der Waals surface area contributed by atoms with E-state index >= 15 is 0 Å². The highest BCUT2D eigenvalue weighted by molar-refractivity contribution is 6.13. The highest BCUT2D eigenvalue weighted by Gasteiger charge is 2.15. The van der Waals surface area contributed by atoms with Gasteiger partial charge in [-0.1, -0.05) is 60.7 Å². The summed E-state index contributed by atoms with van der Waals surface area (Å²) < 4.78 is 0. The van der Waals surface area contributed by atoms with Crippen LogP contribution in [-0.2, 0) is 12.8 Å². The van der Waals surface area contributed by atoms with E-state index in [-0.39, 0.29) is 5.91 Å². The van der Waals surface area contributed by atoms with Crippen LogP contribution < -0.4 is 5.32 Å². The van der Waals surface area contributed by atoms with E-state index in [0.29, 0.717) is 5.56 Å². The van der Waals surface area contributed by atoms with Gasteiger partial charge in [0.25, 0.3) is 5.91 Å². The van der Waals surface area contributed by atoms with Crippen LogP contribution in [0.1, 0.15) is 32.9 Å². The van der Waals surface area contributed by atoms with Gasteiger partial charge in [0, 0.05) is 23.1 Å². The zero-order valence-electron chi connectivity index (χ0n) is 21.5. The Morgan fingerprint density at radius 1 is 0.763 bits per heavy atom. The van der Waals surface area contributed by atoms with Crippen molar-refractivity contribution in [1.29, 1.82) is 0 Å². The lowest BCUT2D eigenvalue weighted by atomic mass is 10.0. The number of nitrogens with zero attached hydrogens (tertiary/aromatic N) is 2. The zero-order chi connectivity index (χ0) is 26.1. The number of pyridine rings is 1. The van der Waals surface area contributed by atoms with Crippen LogP contribution in [0.4, 0.5) is 5.69 Å². The van der Waals surface area contributed by atoms with Crippen LogP contribution in [0.3, 0.4) is 0 Å². The van der Waals surface area contributed by atoms with Crippen LogP contribution in [0.25, 0.3) is 33.2 Å². The van der Waals surface area contributed by atoms with Gasteiger partial charge in [-0.05, 0) is 73.4 Å². The first-order valence-electron chi connectivity index (χ1n) is 12.8. The van der Waals surface area contributed by atoms with Gasteiger partial charge in [-0.2, -0.15) is 0 Å². The zero-order valence-corrected chi connectivity index (χ0v) is 21.5. The van der Waals surface area contributed by atoms with Crippen LogP contribution in [-0.4, -0.2) is 20.9 Å². The molecule has 2 aromatic heterocycles. The topological polar surface area (TPSA) is 70.7 Å². The Morgan fingerprint density at radius 2 is 1.58 bits per heavy atom. The Hall–Kier alpha value is -4.77. The fraction of sp³-hybridized carbons (Fsp3) is 0.121. The van der Waals surface area contributed by atoms with E-state index in [4.69, 9.17) is 9.97 Å². The number of carbonyl (C=O) groups excluding carboxylic acids is 1. The summed E-state index contributed by atoms with van der Waals surface area (Å²) in [5, 5.41) is 3.92. The summed E-state index contributed by atoms with van der Waals surface area (Å²) in [4.78, 5) is 26.6. The summed E-state index contributed by atoms with van der Waals surface area (Å²) in [5.41, 5.74) is 9.37. The molecule has 0 bridgehead atoms. The summed E-state index contributed by atoms with van der Waals surface area (Å²) in [6.07, 6.45) is 1.74. The van der Waals surface area contributed by atoms with Gasteiger partial charge in [-0.15, -0.1) is 0 Å². The lowest BCUT2D eigenvalue weighted by Crippen LogP contribution is -2.13. The molecule has 0 aliphatic rings. The summed E-state index contributed by atoms with van der Waals surface area (Å²) in [5.74, 6) is 0.766. The number of rotatable bonds is 6. The normalized spacial score (nSPS) is 11.2. The van der Waals surface area contributed by atoms with Gasteiger partial charge >= 0.3 is 0 Å². The maximum absolute atomic E-state index is 13.6. The quantitative estimate of drug-likeness (QED) is 0.252. The maximum Gasteiger partial charge on any atom is 0.256 e. The molecule has 2 N–H and O–H groups in total. The summed E-state index contributed by atoms with van der Waals surface area (Å²) in [6, 6.07) is 32.1. The minimum Gasteiger partial charge on any atom is -0.342 e. The van der Waals surface area contributed by atoms with Gasteiger partial charge in [-0.3, -0.25) is 4.79 Å². The predicted molar refractivity (Wildman–Crippen MR) is 155 cm³/mol. The van der Waals surface area contributed by atoms with Gasteiger partial charge in [0.2, 0.25) is 0 Å². The van der Waals surface area contributed by atoms with Crippen molar-refractivity contribution in [2.75, 3.05) is 5.32 Å². The first-order chi connectivity index (χ1) is 18.5. The average molecular weight is 497 g/mol. The lowest BCUT2D eigenvalue weighted by molar-refractivity contribution is 0.102. The number of H-pyrrole nitrogens is 1. The number of carbonyl (C=O) groups is 1. The molecule has 0 aliphatic heterocycles. The molecule has 5 nitrogen and oxygen atoms in total. The maximum atomic E-state index is 13.6. The van der Waals surface area contributed by atoms with Crippen molar-refractivity contribution < 1.29 is 4.79 Å². The Balaban J connectivity index is 1.28. The molecule has 0 aliphatic carbocycles. The van der Waals surface area contributed by atoms with Gasteiger partial charge in [0.15, 0.2) is 0 Å². The van der Waals surface area contributed by atoms with Crippen LogP contribution >= 0.6 is 0 Å². The molecule has 2 heterocycles. The third-order valence-electron chi connectivity index (χ3n) is 7.05. The van der Waals surface area contributed by atoms with E-state index in [9.17, 15) is 4.79 Å². The molecule has 0 atom stereocenters. The third kappa shape index (κ3) is 4.78. The van der Waals surface area contributed by atoms with E-state index < -0.39 is 0 Å². The van der Waals surface area contributed by atoms with Crippen molar-refractivity contribution in [2.45, 2.75) is 26.7 Å². The van der Waals surface area contributed by atoms with Gasteiger partial charge < -0.3 is 10.3 Å². The standard InChI is InChI=1S/C33H28N4O/c1-21-12-14-24(18-22(21)2)30-20-27(26-10-6-7-11-28(26)35-30)33(38)34-25-15-16-29-31(19-25)37-32(36-29)17-13-23-8-4-3-5-9-23/h3-12,14-16,18-20H,13,17H2,1-2H3,(H,34,38)(H,36,37). The first kappa shape index (κ1) is 23.6. The Kier molecular flexibility index (Phi) is 6.18. The second-order valence-electron chi connectivity index (χ2n) is 9.73. The number of hydrogen-bond donors (Lipinski definition) is 2. The molecule has 0 saturated heterocycles. The van der Waals surface area contributed by atoms with E-state index in [0.717, 1.165) is 57.5 Å². The molecule has 0 unspecified atom stereocenters. The third-order valence-corrected chi connectivity index (χ3v) is 7.05. The van der Waals surface area contributed by atoms with E-state index in [1.807, 2.05) is 54.6 Å². The van der Waals surface area contributed by atoms with Crippen molar-refractivity contribution in [3.63, 3.8) is 0 Å². The number of para-hydroxylation sites is 1. The highest BCUT2D eigenvalue weighted by atomic mass is 16.1. The number of aromatic amines is 1. The number of hydrogen-bond acceptors (Lipinski definition) is 3. The molecule has 6 aromatic rings. The minimum atomic E-state index is -0.170. The van der Waals surface area contributed by atoms with E-state index in [1.165, 1.54) is 16.7 Å². The van der Waals surface area contributed by atoms with Crippen LogP contribution in [0.15, 0.2) is 97.1 Å². The molecular weight excluding hydrogens is 468 g/mol. The number of anilines is 1. The molecular formula is C33H28N4O. The summed E-state index contributed by atoms with van der Waals surface area (Å²) in [6.45, 7) is 4.18. The molecule has 4 aromatic carbocycles. The second-order valence-corrected chi connectivity index (χ2v) is 9.73. The molecule has 0 saturated carbocycles. The summed E-state index contributed by atoms with van der Waals surface area (Å²) >= 11 is 0. The Labute approximate surface area is 221 Å². The fourth-order valence-corrected chi connectivity index (χ4v) is 4.78. The van der Waals surface area contributed by atoms with Crippen molar-refractivity contribution in [2.24, 2.45) is 0 Å². The van der Waals surface area contributed by atoms with Crippen molar-refractivity contribution in [3.8, 4) is 11.3 Å². The lowest BCUT2D eigenvalue weighted by Gasteiger charge is -2.12. The van der Waals surface area contributed by atoms with E-state index in [2.05, 4.69) is 66.6 Å². The Bertz CT molecular complexity index is 1790. The van der Waals surface area contributed by atoms with E-state index in [1.54, 1.807) is 0 Å².